The molecule has 104 valence electrons. The van der Waals surface area contributed by atoms with Crippen LogP contribution in [0.3, 0.4) is 0 Å². The molecule has 0 saturated heterocycles. The zero-order valence-electron chi connectivity index (χ0n) is 11.2. The van der Waals surface area contributed by atoms with Crippen LogP contribution < -0.4 is 5.32 Å². The number of thiazole rings is 1. The minimum Gasteiger partial charge on any atom is -0.388 e. The van der Waals surface area contributed by atoms with Crippen molar-refractivity contribution in [2.45, 2.75) is 44.6 Å². The van der Waals surface area contributed by atoms with E-state index in [-0.39, 0.29) is 5.91 Å². The summed E-state index contributed by atoms with van der Waals surface area (Å²) in [6.45, 7) is 2.28. The fraction of sp³-hybridized carbons (Fsp3) is 0.571. The molecular formula is C14H20N2O2S. The molecule has 0 radical (unpaired) electrons. The van der Waals surface area contributed by atoms with E-state index in [1.807, 2.05) is 6.92 Å². The molecule has 1 saturated carbocycles. The van der Waals surface area contributed by atoms with Crippen LogP contribution in [-0.2, 0) is 4.79 Å². The quantitative estimate of drug-likeness (QED) is 0.832. The normalized spacial score (nSPS) is 18.6. The second-order valence-corrected chi connectivity index (χ2v) is 6.38. The lowest BCUT2D eigenvalue weighted by Crippen LogP contribution is -2.43. The predicted octanol–water partition coefficient (Wildman–Crippen LogP) is 2.28. The topological polar surface area (TPSA) is 62.2 Å². The Balaban J connectivity index is 1.79. The summed E-state index contributed by atoms with van der Waals surface area (Å²) in [5.74, 6) is -0.162. The third-order valence-corrected chi connectivity index (χ3v) is 4.29. The summed E-state index contributed by atoms with van der Waals surface area (Å²) in [5, 5.41) is 14.0. The van der Waals surface area contributed by atoms with E-state index < -0.39 is 5.60 Å². The van der Waals surface area contributed by atoms with Gasteiger partial charge in [0.1, 0.15) is 0 Å². The SMILES string of the molecule is Cc1ncc(C=CC(=O)NCC2(O)CCCCC2)s1. The van der Waals surface area contributed by atoms with E-state index in [1.165, 1.54) is 12.5 Å². The summed E-state index contributed by atoms with van der Waals surface area (Å²) in [6.07, 6.45) is 9.84. The highest BCUT2D eigenvalue weighted by Crippen LogP contribution is 2.27. The lowest BCUT2D eigenvalue weighted by molar-refractivity contribution is -0.118. The van der Waals surface area contributed by atoms with Crippen LogP contribution in [0.25, 0.3) is 6.08 Å². The van der Waals surface area contributed by atoms with Gasteiger partial charge in [-0.15, -0.1) is 11.3 Å². The molecule has 1 amide bonds. The van der Waals surface area contributed by atoms with Crippen LogP contribution in [-0.4, -0.2) is 28.1 Å². The van der Waals surface area contributed by atoms with Crippen molar-refractivity contribution in [1.82, 2.24) is 10.3 Å². The molecule has 5 heteroatoms. The first-order valence-electron chi connectivity index (χ1n) is 6.68. The van der Waals surface area contributed by atoms with Gasteiger partial charge in [-0.2, -0.15) is 0 Å². The van der Waals surface area contributed by atoms with E-state index in [0.717, 1.165) is 35.6 Å². The molecule has 0 atom stereocenters. The lowest BCUT2D eigenvalue weighted by atomic mass is 9.85. The molecule has 4 nitrogen and oxygen atoms in total. The molecule has 19 heavy (non-hydrogen) atoms. The van der Waals surface area contributed by atoms with Gasteiger partial charge in [0.25, 0.3) is 0 Å². The third-order valence-electron chi connectivity index (χ3n) is 3.41. The number of carbonyl (C=O) groups excluding carboxylic acids is 1. The molecule has 0 spiro atoms. The highest BCUT2D eigenvalue weighted by atomic mass is 32.1. The number of aromatic nitrogens is 1. The molecule has 1 heterocycles. The number of hydrogen-bond donors (Lipinski definition) is 2. The van der Waals surface area contributed by atoms with Crippen molar-refractivity contribution in [1.29, 1.82) is 0 Å². The first-order valence-corrected chi connectivity index (χ1v) is 7.50. The number of aliphatic hydroxyl groups is 1. The number of nitrogens with zero attached hydrogens (tertiary/aromatic N) is 1. The van der Waals surface area contributed by atoms with E-state index in [9.17, 15) is 9.90 Å². The number of aryl methyl sites for hydroxylation is 1. The van der Waals surface area contributed by atoms with Crippen molar-refractivity contribution in [3.63, 3.8) is 0 Å². The highest BCUT2D eigenvalue weighted by molar-refractivity contribution is 7.12. The minimum atomic E-state index is -0.706. The maximum absolute atomic E-state index is 11.7. The summed E-state index contributed by atoms with van der Waals surface area (Å²) in [6, 6.07) is 0. The van der Waals surface area contributed by atoms with Crippen molar-refractivity contribution >= 4 is 23.3 Å². The van der Waals surface area contributed by atoms with Crippen molar-refractivity contribution in [2.24, 2.45) is 0 Å². The first-order chi connectivity index (χ1) is 9.07. The summed E-state index contributed by atoms with van der Waals surface area (Å²) >= 11 is 1.55. The van der Waals surface area contributed by atoms with Gasteiger partial charge in [0.05, 0.1) is 10.6 Å². The number of amides is 1. The average molecular weight is 280 g/mol. The average Bonchev–Trinajstić information content (AvgIpc) is 2.81. The number of rotatable bonds is 4. The molecule has 0 aromatic carbocycles. The minimum absolute atomic E-state index is 0.162. The maximum Gasteiger partial charge on any atom is 0.244 e. The largest absolute Gasteiger partial charge is 0.388 e. The van der Waals surface area contributed by atoms with Crippen LogP contribution in [0.2, 0.25) is 0 Å². The van der Waals surface area contributed by atoms with Crippen LogP contribution in [0.1, 0.15) is 42.0 Å². The van der Waals surface area contributed by atoms with E-state index in [4.69, 9.17) is 0 Å². The molecule has 1 aliphatic rings. The molecule has 1 aromatic rings. The Morgan fingerprint density at radius 3 is 2.89 bits per heavy atom. The molecule has 2 N–H and O–H groups in total. The van der Waals surface area contributed by atoms with Gasteiger partial charge in [-0.3, -0.25) is 4.79 Å². The van der Waals surface area contributed by atoms with Crippen molar-refractivity contribution in [3.05, 3.63) is 22.2 Å². The third kappa shape index (κ3) is 4.44. The first kappa shape index (κ1) is 14.2. The van der Waals surface area contributed by atoms with E-state index in [1.54, 1.807) is 23.6 Å². The van der Waals surface area contributed by atoms with Crippen LogP contribution in [0.5, 0.6) is 0 Å². The molecule has 0 aliphatic heterocycles. The Labute approximate surface area is 117 Å². The van der Waals surface area contributed by atoms with Gasteiger partial charge in [-0.25, -0.2) is 4.98 Å². The van der Waals surface area contributed by atoms with E-state index >= 15 is 0 Å². The molecule has 1 fully saturated rings. The smallest absolute Gasteiger partial charge is 0.244 e. The van der Waals surface area contributed by atoms with Gasteiger partial charge in [-0.1, -0.05) is 19.3 Å². The fourth-order valence-corrected chi connectivity index (χ4v) is 3.00. The summed E-state index contributed by atoms with van der Waals surface area (Å²) < 4.78 is 0. The Hall–Kier alpha value is -1.20. The van der Waals surface area contributed by atoms with Crippen LogP contribution >= 0.6 is 11.3 Å². The molecule has 0 bridgehead atoms. The summed E-state index contributed by atoms with van der Waals surface area (Å²) in [5.41, 5.74) is -0.706. The van der Waals surface area contributed by atoms with Gasteiger partial charge >= 0.3 is 0 Å². The lowest BCUT2D eigenvalue weighted by Gasteiger charge is -2.31. The maximum atomic E-state index is 11.7. The predicted molar refractivity (Wildman–Crippen MR) is 76.9 cm³/mol. The number of carbonyl (C=O) groups is 1. The second kappa shape index (κ2) is 6.30. The van der Waals surface area contributed by atoms with Crippen LogP contribution in [0.4, 0.5) is 0 Å². The van der Waals surface area contributed by atoms with E-state index in [0.29, 0.717) is 6.54 Å². The van der Waals surface area contributed by atoms with Gasteiger partial charge in [-0.05, 0) is 25.8 Å². The number of nitrogens with one attached hydrogen (secondary N) is 1. The van der Waals surface area contributed by atoms with Crippen molar-refractivity contribution < 1.29 is 9.90 Å². The molecular weight excluding hydrogens is 260 g/mol. The zero-order chi connectivity index (χ0) is 13.7. The number of hydrogen-bond acceptors (Lipinski definition) is 4. The van der Waals surface area contributed by atoms with Crippen molar-refractivity contribution in [2.75, 3.05) is 6.54 Å². The highest BCUT2D eigenvalue weighted by Gasteiger charge is 2.29. The Bertz CT molecular complexity index is 462. The van der Waals surface area contributed by atoms with Gasteiger partial charge in [0.2, 0.25) is 5.91 Å². The zero-order valence-corrected chi connectivity index (χ0v) is 12.0. The summed E-state index contributed by atoms with van der Waals surface area (Å²) in [7, 11) is 0. The Morgan fingerprint density at radius 1 is 1.53 bits per heavy atom. The summed E-state index contributed by atoms with van der Waals surface area (Å²) in [4.78, 5) is 16.8. The monoisotopic (exact) mass is 280 g/mol. The molecule has 0 unspecified atom stereocenters. The molecule has 2 rings (SSSR count). The Morgan fingerprint density at radius 2 is 2.26 bits per heavy atom. The van der Waals surface area contributed by atoms with Crippen LogP contribution in [0, 0.1) is 6.92 Å². The Kier molecular flexibility index (Phi) is 4.71. The molecule has 1 aliphatic carbocycles. The van der Waals surface area contributed by atoms with Crippen LogP contribution in [0.15, 0.2) is 12.3 Å². The second-order valence-electron chi connectivity index (χ2n) is 5.12. The van der Waals surface area contributed by atoms with Gasteiger partial charge in [0.15, 0.2) is 0 Å². The molecule has 1 aromatic heterocycles. The van der Waals surface area contributed by atoms with E-state index in [2.05, 4.69) is 10.3 Å². The fourth-order valence-electron chi connectivity index (χ4n) is 2.31. The van der Waals surface area contributed by atoms with Gasteiger partial charge in [0, 0.05) is 23.7 Å². The van der Waals surface area contributed by atoms with Gasteiger partial charge < -0.3 is 10.4 Å². The standard InChI is InChI=1S/C14H20N2O2S/c1-11-15-9-12(19-11)5-6-13(17)16-10-14(18)7-3-2-4-8-14/h5-6,9,18H,2-4,7-8,10H2,1H3,(H,16,17). The van der Waals surface area contributed by atoms with Crippen molar-refractivity contribution in [3.8, 4) is 0 Å².